The Morgan fingerprint density at radius 1 is 0.717 bits per heavy atom. The molecule has 0 amide bonds. The van der Waals surface area contributed by atoms with Crippen molar-refractivity contribution >= 4 is 93.2 Å². The van der Waals surface area contributed by atoms with Crippen LogP contribution in [0.25, 0.3) is 21.8 Å². The smallest absolute Gasteiger partial charge is 0.399 e. The van der Waals surface area contributed by atoms with Crippen molar-refractivity contribution in [3.8, 4) is 0 Å². The van der Waals surface area contributed by atoms with Gasteiger partial charge in [-0.25, -0.2) is 16.8 Å². The summed E-state index contributed by atoms with van der Waals surface area (Å²) in [5, 5.41) is 8.35. The molecule has 0 radical (unpaired) electrons. The minimum Gasteiger partial charge on any atom is -0.399 e. The number of hydrogen-bond donors (Lipinski definition) is 0. The van der Waals surface area contributed by atoms with Crippen LogP contribution in [0.3, 0.4) is 0 Å². The van der Waals surface area contributed by atoms with E-state index in [-0.39, 0.29) is 65.5 Å². The molecule has 1 aliphatic rings. The Labute approximate surface area is 324 Å². The summed E-state index contributed by atoms with van der Waals surface area (Å²) in [6.45, 7) is 4.56. The van der Waals surface area contributed by atoms with Crippen LogP contribution >= 0.6 is 39.1 Å². The Hall–Kier alpha value is -2.10. The Kier molecular flexibility index (Phi) is 15.3. The van der Waals surface area contributed by atoms with Gasteiger partial charge in [0.15, 0.2) is 19.7 Å². The second kappa shape index (κ2) is 16.6. The first-order chi connectivity index (χ1) is 22.5. The standard InChI is InChI=1S/C17H21BClF3N2O4S.C11H9BrClF3N2O2S.3CH4/c1-15(2)16(3,4)28-18(27-15)10-6-7-11(19)13-12(8-29(5,25)26)23-24(14(10)13)9-17(20,21)22;1-21(19,20)4-8-9-7(13)3-2-6(12)10(9)18(17-8)5-11(14,15)16;;;/h6-7H,8-9H2,1-5H3;2-3H,4-5H2,1H3;3*1H4. The minimum absolute atomic E-state index is 0. The highest BCUT2D eigenvalue weighted by Crippen LogP contribution is 2.39. The summed E-state index contributed by atoms with van der Waals surface area (Å²) in [4.78, 5) is 0. The van der Waals surface area contributed by atoms with Gasteiger partial charge in [0.2, 0.25) is 0 Å². The molecule has 0 aliphatic carbocycles. The van der Waals surface area contributed by atoms with Crippen LogP contribution in [0.5, 0.6) is 0 Å². The van der Waals surface area contributed by atoms with Gasteiger partial charge in [0.25, 0.3) is 0 Å². The summed E-state index contributed by atoms with van der Waals surface area (Å²) in [6, 6.07) is 5.96. The quantitative estimate of drug-likeness (QED) is 0.134. The van der Waals surface area contributed by atoms with Crippen LogP contribution in [0.2, 0.25) is 10.0 Å². The molecule has 1 fully saturated rings. The second-order valence-electron chi connectivity index (χ2n) is 12.8. The lowest BCUT2D eigenvalue weighted by Crippen LogP contribution is -2.41. The molecule has 0 saturated carbocycles. The maximum Gasteiger partial charge on any atom is 0.497 e. The number of rotatable bonds is 7. The first kappa shape index (κ1) is 48.9. The van der Waals surface area contributed by atoms with Gasteiger partial charge in [0.1, 0.15) is 13.1 Å². The fourth-order valence-electron chi connectivity index (χ4n) is 5.12. The maximum atomic E-state index is 13.2. The van der Waals surface area contributed by atoms with Crippen LogP contribution in [-0.4, -0.2) is 79.6 Å². The van der Waals surface area contributed by atoms with Gasteiger partial charge in [0, 0.05) is 33.2 Å². The average molecular weight is 906 g/mol. The van der Waals surface area contributed by atoms with Crippen LogP contribution < -0.4 is 5.46 Å². The number of halogens is 9. The van der Waals surface area contributed by atoms with Crippen molar-refractivity contribution in [2.24, 2.45) is 0 Å². The number of benzene rings is 2. The fraction of sp³-hybridized carbons (Fsp3) is 0.548. The molecule has 0 unspecified atom stereocenters. The van der Waals surface area contributed by atoms with Gasteiger partial charge in [-0.05, 0) is 61.8 Å². The van der Waals surface area contributed by atoms with Crippen LogP contribution in [0, 0.1) is 0 Å². The van der Waals surface area contributed by atoms with Crippen molar-refractivity contribution in [2.75, 3.05) is 12.5 Å². The highest BCUT2D eigenvalue weighted by Gasteiger charge is 2.52. The molecule has 0 bridgehead atoms. The molecule has 10 nitrogen and oxygen atoms in total. The van der Waals surface area contributed by atoms with Crippen LogP contribution in [-0.2, 0) is 53.6 Å². The van der Waals surface area contributed by atoms with E-state index in [1.807, 2.05) is 27.7 Å². The van der Waals surface area contributed by atoms with Crippen molar-refractivity contribution in [1.82, 2.24) is 19.6 Å². The van der Waals surface area contributed by atoms with Crippen molar-refractivity contribution in [3.05, 3.63) is 50.2 Å². The van der Waals surface area contributed by atoms with E-state index in [9.17, 15) is 43.2 Å². The van der Waals surface area contributed by atoms with Crippen molar-refractivity contribution < 1.29 is 52.5 Å². The Morgan fingerprint density at radius 3 is 1.45 bits per heavy atom. The molecule has 2 aromatic carbocycles. The van der Waals surface area contributed by atoms with Gasteiger partial charge >= 0.3 is 19.5 Å². The summed E-state index contributed by atoms with van der Waals surface area (Å²) in [7, 11) is -7.99. The number of fused-ring (bicyclic) bond motifs is 2. The maximum absolute atomic E-state index is 13.2. The summed E-state index contributed by atoms with van der Waals surface area (Å²) in [5.41, 5.74) is -0.995. The molecule has 5 rings (SSSR count). The Bertz CT molecular complexity index is 2160. The van der Waals surface area contributed by atoms with Crippen molar-refractivity contribution in [3.63, 3.8) is 0 Å². The first-order valence-corrected chi connectivity index (χ1v) is 20.0. The first-order valence-electron chi connectivity index (χ1n) is 14.3. The molecule has 0 atom stereocenters. The predicted octanol–water partition coefficient (Wildman–Crippen LogP) is 8.56. The van der Waals surface area contributed by atoms with Gasteiger partial charge in [-0.1, -0.05) is 51.5 Å². The lowest BCUT2D eigenvalue weighted by molar-refractivity contribution is -0.142. The molecule has 1 aliphatic heterocycles. The lowest BCUT2D eigenvalue weighted by Gasteiger charge is -2.32. The molecular formula is C31H42BBrCl2F6N4O6S2. The predicted molar refractivity (Wildman–Crippen MR) is 202 cm³/mol. The number of alkyl halides is 6. The molecule has 2 aromatic heterocycles. The lowest BCUT2D eigenvalue weighted by atomic mass is 9.77. The van der Waals surface area contributed by atoms with Gasteiger partial charge in [0.05, 0.1) is 55.2 Å². The van der Waals surface area contributed by atoms with E-state index in [1.54, 1.807) is 0 Å². The largest absolute Gasteiger partial charge is 0.497 e. The summed E-state index contributed by atoms with van der Waals surface area (Å²) in [6.07, 6.45) is -7.10. The average Bonchev–Trinajstić information content (AvgIpc) is 3.47. The summed E-state index contributed by atoms with van der Waals surface area (Å²) < 4.78 is 138. The third kappa shape index (κ3) is 11.7. The van der Waals surface area contributed by atoms with Crippen LogP contribution in [0.15, 0.2) is 28.7 Å². The third-order valence-electron chi connectivity index (χ3n) is 7.78. The topological polar surface area (TPSA) is 122 Å². The van der Waals surface area contributed by atoms with Gasteiger partial charge in [-0.3, -0.25) is 9.36 Å². The summed E-state index contributed by atoms with van der Waals surface area (Å²) in [5.74, 6) is -1.02. The number of hydrogen-bond acceptors (Lipinski definition) is 8. The van der Waals surface area contributed by atoms with Crippen LogP contribution in [0.4, 0.5) is 26.3 Å². The zero-order valence-corrected chi connectivity index (χ0v) is 31.9. The molecule has 4 aromatic rings. The van der Waals surface area contributed by atoms with Crippen molar-refractivity contribution in [1.29, 1.82) is 0 Å². The number of aromatic nitrogens is 4. The molecule has 1 saturated heterocycles. The zero-order valence-electron chi connectivity index (χ0n) is 27.2. The van der Waals surface area contributed by atoms with E-state index in [2.05, 4.69) is 26.1 Å². The molecule has 22 heteroatoms. The molecule has 0 spiro atoms. The van der Waals surface area contributed by atoms with Crippen molar-refractivity contribution in [2.45, 2.75) is 98.1 Å². The zero-order chi connectivity index (χ0) is 38.0. The summed E-state index contributed by atoms with van der Waals surface area (Å²) >= 11 is 15.4. The molecular weight excluding hydrogens is 864 g/mol. The molecule has 0 N–H and O–H groups in total. The molecule has 3 heterocycles. The van der Waals surface area contributed by atoms with Crippen LogP contribution in [0.1, 0.15) is 61.4 Å². The van der Waals surface area contributed by atoms with Gasteiger partial charge in [-0.15, -0.1) is 0 Å². The van der Waals surface area contributed by atoms with E-state index in [0.717, 1.165) is 17.2 Å². The van der Waals surface area contributed by atoms with E-state index >= 15 is 0 Å². The van der Waals surface area contributed by atoms with Gasteiger partial charge < -0.3 is 9.31 Å². The fourth-order valence-corrected chi connectivity index (χ4v) is 7.58. The number of nitrogens with zero attached hydrogens (tertiary/aromatic N) is 4. The third-order valence-corrected chi connectivity index (χ3v) is 10.6. The highest BCUT2D eigenvalue weighted by molar-refractivity contribution is 9.10. The monoisotopic (exact) mass is 904 g/mol. The van der Waals surface area contributed by atoms with E-state index < -0.39 is 74.9 Å². The SMILES string of the molecule is C.C.C.CC1(C)OB(c2ccc(Cl)c3c(CS(C)(=O)=O)nn(CC(F)(F)F)c23)OC1(C)C.CS(=O)(=O)Cc1nn(CC(F)(F)F)c2c(Br)ccc(Cl)c12. The molecule has 300 valence electrons. The number of sulfone groups is 2. The normalized spacial score (nSPS) is 15.7. The van der Waals surface area contributed by atoms with Gasteiger partial charge in [-0.2, -0.15) is 36.5 Å². The highest BCUT2D eigenvalue weighted by atomic mass is 79.9. The van der Waals surface area contributed by atoms with E-state index in [1.165, 1.54) is 24.3 Å². The Morgan fingerprint density at radius 2 is 1.08 bits per heavy atom. The van der Waals surface area contributed by atoms with E-state index in [0.29, 0.717) is 14.6 Å². The second-order valence-corrected chi connectivity index (χ2v) is 18.7. The minimum atomic E-state index is -4.57. The van der Waals surface area contributed by atoms with E-state index in [4.69, 9.17) is 32.5 Å². The Balaban J connectivity index is 0.000000524. The molecule has 53 heavy (non-hydrogen) atoms.